The van der Waals surface area contributed by atoms with Crippen molar-refractivity contribution in [3.8, 4) is 0 Å². The van der Waals surface area contributed by atoms with Crippen LogP contribution in [0, 0.1) is 0 Å². The van der Waals surface area contributed by atoms with Crippen molar-refractivity contribution in [2.75, 3.05) is 4.43 Å². The lowest BCUT2D eigenvalue weighted by molar-refractivity contribution is 0.109. The first kappa shape index (κ1) is 20.2. The normalized spacial score (nSPS) is 17.1. The molecule has 0 fully saturated rings. The summed E-state index contributed by atoms with van der Waals surface area (Å²) in [6.07, 6.45) is 2.64. The quantitative estimate of drug-likeness (QED) is 0.269. The fourth-order valence-corrected chi connectivity index (χ4v) is 4.46. The molecule has 1 aromatic rings. The van der Waals surface area contributed by atoms with Crippen molar-refractivity contribution in [3.63, 3.8) is 0 Å². The van der Waals surface area contributed by atoms with Crippen molar-refractivity contribution in [1.82, 2.24) is 0 Å². The molecule has 0 aromatic heterocycles. The second-order valence-corrected chi connectivity index (χ2v) is 13.9. The smallest absolute Gasteiger partial charge is 0.192 e. The molecule has 0 bridgehead atoms. The minimum absolute atomic E-state index is 0.0853. The van der Waals surface area contributed by atoms with E-state index in [4.69, 9.17) is 4.43 Å². The molecule has 0 radical (unpaired) electrons. The van der Waals surface area contributed by atoms with Crippen LogP contribution < -0.4 is 0 Å². The summed E-state index contributed by atoms with van der Waals surface area (Å²) in [5, 5.41) is 0.252. The molecule has 0 saturated carbocycles. The van der Waals surface area contributed by atoms with E-state index in [0.29, 0.717) is 0 Å². The van der Waals surface area contributed by atoms with E-state index in [1.54, 1.807) is 0 Å². The number of hydrogen-bond donors (Lipinski definition) is 0. The molecule has 0 aliphatic rings. The van der Waals surface area contributed by atoms with Gasteiger partial charge in [-0.05, 0) is 47.9 Å². The molecule has 0 spiro atoms. The third-order valence-corrected chi connectivity index (χ3v) is 10.8. The highest BCUT2D eigenvalue weighted by molar-refractivity contribution is 14.1. The van der Waals surface area contributed by atoms with Crippen molar-refractivity contribution in [3.05, 3.63) is 35.9 Å². The Balaban J connectivity index is 3.07. The molecule has 126 valence electrons. The lowest BCUT2D eigenvalue weighted by Gasteiger charge is -2.44. The van der Waals surface area contributed by atoms with Gasteiger partial charge in [-0.25, -0.2) is 0 Å². The number of alkyl halides is 1. The molecule has 22 heavy (non-hydrogen) atoms. The highest BCUT2D eigenvalue weighted by Crippen LogP contribution is 2.42. The van der Waals surface area contributed by atoms with Crippen LogP contribution in [0.2, 0.25) is 18.1 Å². The molecule has 0 heterocycles. The molecule has 1 rings (SSSR count). The summed E-state index contributed by atoms with van der Waals surface area (Å²) in [5.41, 5.74) is 1.49. The van der Waals surface area contributed by atoms with Crippen LogP contribution in [0.5, 0.6) is 0 Å². The van der Waals surface area contributed by atoms with Gasteiger partial charge in [0.15, 0.2) is 8.32 Å². The Hall–Kier alpha value is 0.127. The first-order valence-corrected chi connectivity index (χ1v) is 12.8. The predicted molar refractivity (Wildman–Crippen MR) is 110 cm³/mol. The summed E-state index contributed by atoms with van der Waals surface area (Å²) in [5.74, 6) is 0. The van der Waals surface area contributed by atoms with Crippen LogP contribution in [-0.4, -0.2) is 18.8 Å². The molecule has 1 aromatic carbocycles. The van der Waals surface area contributed by atoms with Gasteiger partial charge in [0.25, 0.3) is 0 Å². The molecule has 0 N–H and O–H groups in total. The van der Waals surface area contributed by atoms with Gasteiger partial charge >= 0.3 is 0 Å². The number of halogens is 1. The minimum atomic E-state index is -1.75. The van der Waals surface area contributed by atoms with Crippen molar-refractivity contribution >= 4 is 30.9 Å². The average molecular weight is 432 g/mol. The summed E-state index contributed by atoms with van der Waals surface area (Å²) in [7, 11) is -1.75. The Morgan fingerprint density at radius 2 is 1.64 bits per heavy atom. The lowest BCUT2D eigenvalue weighted by atomic mass is 9.75. The van der Waals surface area contributed by atoms with Gasteiger partial charge in [-0.3, -0.25) is 0 Å². The van der Waals surface area contributed by atoms with E-state index in [2.05, 4.69) is 101 Å². The Kier molecular flexibility index (Phi) is 7.15. The molecule has 0 aliphatic heterocycles. The topological polar surface area (TPSA) is 9.23 Å². The van der Waals surface area contributed by atoms with Gasteiger partial charge in [0.1, 0.15) is 0 Å². The molecule has 0 aliphatic carbocycles. The molecular formula is C19H33IOSi. The zero-order valence-corrected chi connectivity index (χ0v) is 18.5. The fraction of sp³-hybridized carbons (Fsp3) is 0.684. The Morgan fingerprint density at radius 1 is 1.09 bits per heavy atom. The van der Waals surface area contributed by atoms with E-state index in [1.807, 2.05) is 0 Å². The summed E-state index contributed by atoms with van der Waals surface area (Å²) in [6, 6.07) is 10.9. The highest BCUT2D eigenvalue weighted by atomic mass is 127. The van der Waals surface area contributed by atoms with Crippen molar-refractivity contribution < 1.29 is 4.43 Å². The van der Waals surface area contributed by atoms with E-state index >= 15 is 0 Å². The molecule has 1 unspecified atom stereocenters. The van der Waals surface area contributed by atoms with E-state index < -0.39 is 8.32 Å². The van der Waals surface area contributed by atoms with Crippen LogP contribution in [0.15, 0.2) is 30.3 Å². The molecule has 0 saturated heterocycles. The number of hydrogen-bond acceptors (Lipinski definition) is 1. The van der Waals surface area contributed by atoms with Gasteiger partial charge in [-0.2, -0.15) is 0 Å². The van der Waals surface area contributed by atoms with Gasteiger partial charge in [-0.1, -0.05) is 80.6 Å². The molecule has 2 atom stereocenters. The van der Waals surface area contributed by atoms with Crippen molar-refractivity contribution in [1.29, 1.82) is 0 Å². The first-order valence-electron chi connectivity index (χ1n) is 8.34. The third-order valence-electron chi connectivity index (χ3n) is 5.44. The van der Waals surface area contributed by atoms with Gasteiger partial charge in [0, 0.05) is 5.41 Å². The summed E-state index contributed by atoms with van der Waals surface area (Å²) in [4.78, 5) is 0. The maximum atomic E-state index is 6.76. The predicted octanol–water partition coefficient (Wildman–Crippen LogP) is 6.57. The van der Waals surface area contributed by atoms with E-state index in [9.17, 15) is 0 Å². The first-order chi connectivity index (χ1) is 10.0. The molecule has 3 heteroatoms. The van der Waals surface area contributed by atoms with Crippen molar-refractivity contribution in [2.45, 2.75) is 77.1 Å². The zero-order valence-electron chi connectivity index (χ0n) is 15.4. The van der Waals surface area contributed by atoms with Gasteiger partial charge in [0.05, 0.1) is 6.10 Å². The summed E-state index contributed by atoms with van der Waals surface area (Å²) in [6.45, 7) is 16.3. The van der Waals surface area contributed by atoms with Crippen LogP contribution in [0.1, 0.15) is 53.0 Å². The van der Waals surface area contributed by atoms with E-state index in [-0.39, 0.29) is 16.6 Å². The Morgan fingerprint density at radius 3 is 2.09 bits per heavy atom. The van der Waals surface area contributed by atoms with E-state index in [1.165, 1.54) is 22.8 Å². The number of benzene rings is 1. The lowest BCUT2D eigenvalue weighted by Crippen LogP contribution is -2.49. The van der Waals surface area contributed by atoms with Gasteiger partial charge in [0.2, 0.25) is 0 Å². The van der Waals surface area contributed by atoms with Crippen LogP contribution in [0.4, 0.5) is 0 Å². The molecule has 1 nitrogen and oxygen atoms in total. The Labute approximate surface area is 152 Å². The van der Waals surface area contributed by atoms with Crippen molar-refractivity contribution in [2.24, 2.45) is 0 Å². The van der Waals surface area contributed by atoms with Crippen LogP contribution in [-0.2, 0) is 9.84 Å². The molecular weight excluding hydrogens is 399 g/mol. The standard InChI is InChI=1S/C19H33IOSi/c1-16(21-22(6,7)18(2,3)4)19(5,14-11-15-20)17-12-9-8-10-13-17/h8-10,12-13,16H,11,14-15H2,1-7H3/t16?,19-/m1/s1. The maximum absolute atomic E-state index is 6.76. The number of rotatable bonds is 7. The monoisotopic (exact) mass is 432 g/mol. The minimum Gasteiger partial charge on any atom is -0.413 e. The SMILES string of the molecule is CC(O[Si](C)(C)C(C)(C)C)[C@@](C)(CCCI)c1ccccc1. The second-order valence-electron chi connectivity index (χ2n) is 8.10. The third kappa shape index (κ3) is 4.81. The second kappa shape index (κ2) is 7.80. The Bertz CT molecular complexity index is 452. The van der Waals surface area contributed by atoms with E-state index in [0.717, 1.165) is 0 Å². The summed E-state index contributed by atoms with van der Waals surface area (Å²) >= 11 is 2.48. The summed E-state index contributed by atoms with van der Waals surface area (Å²) < 4.78 is 7.96. The van der Waals surface area contributed by atoms with Crippen LogP contribution in [0.25, 0.3) is 0 Å². The maximum Gasteiger partial charge on any atom is 0.192 e. The van der Waals surface area contributed by atoms with Crippen LogP contribution >= 0.6 is 22.6 Å². The zero-order chi connectivity index (χ0) is 17.0. The van der Waals surface area contributed by atoms with Gasteiger partial charge in [-0.15, -0.1) is 0 Å². The molecule has 0 amide bonds. The highest BCUT2D eigenvalue weighted by Gasteiger charge is 2.43. The fourth-order valence-electron chi connectivity index (χ4n) is 2.58. The van der Waals surface area contributed by atoms with Gasteiger partial charge < -0.3 is 4.43 Å². The van der Waals surface area contributed by atoms with Crippen LogP contribution in [0.3, 0.4) is 0 Å². The largest absolute Gasteiger partial charge is 0.413 e. The average Bonchev–Trinajstić information content (AvgIpc) is 2.44.